The highest BCUT2D eigenvalue weighted by molar-refractivity contribution is 14.1. The van der Waals surface area contributed by atoms with Gasteiger partial charge < -0.3 is 15.2 Å². The maximum atomic E-state index is 12.4. The van der Waals surface area contributed by atoms with Crippen LogP contribution in [-0.2, 0) is 11.3 Å². The lowest BCUT2D eigenvalue weighted by molar-refractivity contribution is -0.116. The smallest absolute Gasteiger partial charge is 0.255 e. The number of hydrogen-bond donors (Lipinski definition) is 2. The van der Waals surface area contributed by atoms with E-state index in [0.717, 1.165) is 9.26 Å². The third kappa shape index (κ3) is 5.16. The molecule has 2 aromatic carbocycles. The Kier molecular flexibility index (Phi) is 6.00. The van der Waals surface area contributed by atoms with Crippen LogP contribution in [0, 0.1) is 3.57 Å². The molecule has 7 heteroatoms. The molecule has 0 unspecified atom stereocenters. The highest BCUT2D eigenvalue weighted by Crippen LogP contribution is 2.16. The third-order valence-corrected chi connectivity index (χ3v) is 4.32. The molecule has 2 N–H and O–H groups in total. The molecule has 1 heterocycles. The Morgan fingerprint density at radius 3 is 2.54 bits per heavy atom. The van der Waals surface area contributed by atoms with Crippen LogP contribution in [0.2, 0.25) is 0 Å². The molecule has 0 saturated heterocycles. The van der Waals surface area contributed by atoms with Crippen LogP contribution < -0.4 is 10.6 Å². The molecule has 0 spiro atoms. The summed E-state index contributed by atoms with van der Waals surface area (Å²) in [7, 11) is 0. The molecule has 2 amide bonds. The fourth-order valence-electron chi connectivity index (χ4n) is 2.38. The van der Waals surface area contributed by atoms with Gasteiger partial charge in [0.25, 0.3) is 5.91 Å². The van der Waals surface area contributed by atoms with Crippen molar-refractivity contribution >= 4 is 45.8 Å². The van der Waals surface area contributed by atoms with Crippen LogP contribution in [-0.4, -0.2) is 21.4 Å². The monoisotopic (exact) mass is 460 g/mol. The van der Waals surface area contributed by atoms with E-state index in [1.165, 1.54) is 0 Å². The summed E-state index contributed by atoms with van der Waals surface area (Å²) in [6.45, 7) is 0.554. The number of aryl methyl sites for hydroxylation is 1. The molecule has 0 bridgehead atoms. The number of hydrogen-bond acceptors (Lipinski definition) is 3. The predicted molar refractivity (Wildman–Crippen MR) is 109 cm³/mol. The topological polar surface area (TPSA) is 76.0 Å². The van der Waals surface area contributed by atoms with Gasteiger partial charge >= 0.3 is 0 Å². The molecule has 1 aromatic heterocycles. The Balaban J connectivity index is 1.60. The van der Waals surface area contributed by atoms with Gasteiger partial charge in [-0.15, -0.1) is 0 Å². The number of imidazole rings is 1. The summed E-state index contributed by atoms with van der Waals surface area (Å²) < 4.78 is 2.88. The summed E-state index contributed by atoms with van der Waals surface area (Å²) in [5, 5.41) is 5.68. The molecule has 3 aromatic rings. The zero-order chi connectivity index (χ0) is 18.4. The second-order valence-corrected chi connectivity index (χ2v) is 6.89. The van der Waals surface area contributed by atoms with Crippen molar-refractivity contribution in [1.29, 1.82) is 0 Å². The predicted octanol–water partition coefficient (Wildman–Crippen LogP) is 3.77. The zero-order valence-electron chi connectivity index (χ0n) is 13.9. The summed E-state index contributed by atoms with van der Waals surface area (Å²) in [5.74, 6) is -0.338. The number of anilines is 2. The average Bonchev–Trinajstić information content (AvgIpc) is 3.14. The highest BCUT2D eigenvalue weighted by Gasteiger charge is 2.09. The molecule has 0 aliphatic carbocycles. The van der Waals surface area contributed by atoms with E-state index >= 15 is 0 Å². The molecule has 0 aliphatic rings. The van der Waals surface area contributed by atoms with Crippen LogP contribution in [0.1, 0.15) is 16.8 Å². The fraction of sp³-hybridized carbons (Fsp3) is 0.105. The van der Waals surface area contributed by atoms with Crippen molar-refractivity contribution in [3.8, 4) is 0 Å². The van der Waals surface area contributed by atoms with Crippen molar-refractivity contribution < 1.29 is 9.59 Å². The number of amides is 2. The molecular weight excluding hydrogens is 443 g/mol. The third-order valence-electron chi connectivity index (χ3n) is 3.65. The molecule has 26 heavy (non-hydrogen) atoms. The fourth-order valence-corrected chi connectivity index (χ4v) is 2.92. The van der Waals surface area contributed by atoms with Crippen LogP contribution in [0.25, 0.3) is 0 Å². The van der Waals surface area contributed by atoms with E-state index in [0.29, 0.717) is 24.2 Å². The van der Waals surface area contributed by atoms with E-state index < -0.39 is 0 Å². The molecule has 0 atom stereocenters. The zero-order valence-corrected chi connectivity index (χ0v) is 16.0. The molecule has 6 nitrogen and oxygen atoms in total. The van der Waals surface area contributed by atoms with Crippen molar-refractivity contribution in [2.75, 3.05) is 10.6 Å². The molecule has 0 saturated carbocycles. The van der Waals surface area contributed by atoms with E-state index in [1.807, 2.05) is 35.0 Å². The Bertz CT molecular complexity index is 909. The standard InChI is InChI=1S/C19H17IN4O2/c20-15-4-2-6-17(12-15)23-19(26)14-3-1-5-16(11-14)22-18(25)7-9-24-10-8-21-13-24/h1-6,8,10-13H,7,9H2,(H,22,25)(H,23,26). The SMILES string of the molecule is O=C(CCn1ccnc1)Nc1cccc(C(=O)Nc2cccc(I)c2)c1. The first-order valence-electron chi connectivity index (χ1n) is 8.03. The average molecular weight is 460 g/mol. The Hall–Kier alpha value is -2.68. The number of aromatic nitrogens is 2. The number of benzene rings is 2. The van der Waals surface area contributed by atoms with Gasteiger partial charge in [-0.05, 0) is 59.0 Å². The first-order valence-corrected chi connectivity index (χ1v) is 9.10. The number of carbonyl (C=O) groups excluding carboxylic acids is 2. The number of halogens is 1. The highest BCUT2D eigenvalue weighted by atomic mass is 127. The molecule has 0 radical (unpaired) electrons. The van der Waals surface area contributed by atoms with E-state index in [-0.39, 0.29) is 11.8 Å². The van der Waals surface area contributed by atoms with Crippen LogP contribution >= 0.6 is 22.6 Å². The van der Waals surface area contributed by atoms with Crippen molar-refractivity contribution in [2.45, 2.75) is 13.0 Å². The largest absolute Gasteiger partial charge is 0.337 e. The molecular formula is C19H17IN4O2. The normalized spacial score (nSPS) is 10.3. The lowest BCUT2D eigenvalue weighted by Gasteiger charge is -2.09. The van der Waals surface area contributed by atoms with E-state index in [1.54, 1.807) is 36.8 Å². The van der Waals surface area contributed by atoms with Crippen molar-refractivity contribution in [3.05, 3.63) is 76.4 Å². The minimum absolute atomic E-state index is 0.117. The molecule has 0 fully saturated rings. The number of nitrogens with one attached hydrogen (secondary N) is 2. The lowest BCUT2D eigenvalue weighted by atomic mass is 10.1. The van der Waals surface area contributed by atoms with Gasteiger partial charge in [0, 0.05) is 45.9 Å². The number of nitrogens with zero attached hydrogens (tertiary/aromatic N) is 2. The second kappa shape index (κ2) is 8.61. The number of carbonyl (C=O) groups is 2. The first-order chi connectivity index (χ1) is 12.6. The van der Waals surface area contributed by atoms with Gasteiger partial charge in [0.2, 0.25) is 5.91 Å². The summed E-state index contributed by atoms with van der Waals surface area (Å²) in [4.78, 5) is 28.4. The molecule has 0 aliphatic heterocycles. The van der Waals surface area contributed by atoms with E-state index in [9.17, 15) is 9.59 Å². The maximum absolute atomic E-state index is 12.4. The minimum atomic E-state index is -0.221. The van der Waals surface area contributed by atoms with Crippen LogP contribution in [0.4, 0.5) is 11.4 Å². The summed E-state index contributed by atoms with van der Waals surface area (Å²) in [6.07, 6.45) is 5.48. The summed E-state index contributed by atoms with van der Waals surface area (Å²) in [5.41, 5.74) is 1.81. The molecule has 3 rings (SSSR count). The second-order valence-electron chi connectivity index (χ2n) is 5.64. The van der Waals surface area contributed by atoms with Gasteiger partial charge in [0.05, 0.1) is 6.33 Å². The number of rotatable bonds is 6. The van der Waals surface area contributed by atoms with Gasteiger partial charge in [-0.2, -0.15) is 0 Å². The van der Waals surface area contributed by atoms with Crippen molar-refractivity contribution in [3.63, 3.8) is 0 Å². The lowest BCUT2D eigenvalue weighted by Crippen LogP contribution is -2.15. The van der Waals surface area contributed by atoms with Crippen LogP contribution in [0.3, 0.4) is 0 Å². The summed E-state index contributed by atoms with van der Waals surface area (Å²) in [6, 6.07) is 14.4. The Labute approximate surface area is 164 Å². The van der Waals surface area contributed by atoms with E-state index in [2.05, 4.69) is 38.2 Å². The van der Waals surface area contributed by atoms with Crippen molar-refractivity contribution in [2.24, 2.45) is 0 Å². The molecule has 132 valence electrons. The Morgan fingerprint density at radius 1 is 1.04 bits per heavy atom. The maximum Gasteiger partial charge on any atom is 0.255 e. The van der Waals surface area contributed by atoms with Gasteiger partial charge in [-0.25, -0.2) is 4.98 Å². The Morgan fingerprint density at radius 2 is 1.81 bits per heavy atom. The van der Waals surface area contributed by atoms with Gasteiger partial charge in [-0.3, -0.25) is 9.59 Å². The van der Waals surface area contributed by atoms with Crippen LogP contribution in [0.5, 0.6) is 0 Å². The quantitative estimate of drug-likeness (QED) is 0.550. The first kappa shape index (κ1) is 18.1. The summed E-state index contributed by atoms with van der Waals surface area (Å²) >= 11 is 2.19. The van der Waals surface area contributed by atoms with Crippen LogP contribution in [0.15, 0.2) is 67.3 Å². The van der Waals surface area contributed by atoms with Gasteiger partial charge in [0.15, 0.2) is 0 Å². The van der Waals surface area contributed by atoms with Gasteiger partial charge in [0.1, 0.15) is 0 Å². The van der Waals surface area contributed by atoms with Gasteiger partial charge in [-0.1, -0.05) is 12.1 Å². The van der Waals surface area contributed by atoms with E-state index in [4.69, 9.17) is 0 Å². The van der Waals surface area contributed by atoms with Crippen molar-refractivity contribution in [1.82, 2.24) is 9.55 Å². The minimum Gasteiger partial charge on any atom is -0.337 e.